The molecule has 9 rings (SSSR count). The van der Waals surface area contributed by atoms with Crippen molar-refractivity contribution in [1.82, 2.24) is 15.0 Å². The summed E-state index contributed by atoms with van der Waals surface area (Å²) in [5.41, 5.74) is -3.02. The van der Waals surface area contributed by atoms with Crippen LogP contribution in [0.25, 0.3) is 32.3 Å². The molecule has 0 saturated heterocycles. The zero-order valence-corrected chi connectivity index (χ0v) is 36.5. The summed E-state index contributed by atoms with van der Waals surface area (Å²) in [6.45, 7) is 0. The summed E-state index contributed by atoms with van der Waals surface area (Å²) in [5.74, 6) is -1.66. The van der Waals surface area contributed by atoms with Crippen LogP contribution in [0.4, 0.5) is 70.1 Å². The molecule has 9 nitrogen and oxygen atoms in total. The molecule has 3 aliphatic carbocycles. The summed E-state index contributed by atoms with van der Waals surface area (Å²) in [5, 5.41) is 28.3. The zero-order chi connectivity index (χ0) is 49.8. The summed E-state index contributed by atoms with van der Waals surface area (Å²) in [7, 11) is 0. The average molecular weight is 983 g/mol. The van der Waals surface area contributed by atoms with Gasteiger partial charge in [0.25, 0.3) is 0 Å². The number of anilines is 3. The topological polar surface area (TPSA) is 132 Å². The normalized spacial score (nSPS) is 20.5. The predicted octanol–water partition coefficient (Wildman–Crippen LogP) is 12.5. The molecule has 0 atom stereocenters. The second-order valence-electron chi connectivity index (χ2n) is 17.5. The van der Waals surface area contributed by atoms with Crippen LogP contribution in [0.3, 0.4) is 0 Å². The highest BCUT2D eigenvalue weighted by Gasteiger charge is 2.36. The number of ketones is 1. The summed E-state index contributed by atoms with van der Waals surface area (Å²) in [6, 6.07) is 8.65. The minimum Gasteiger partial charge on any atom is -0.393 e. The minimum atomic E-state index is -4.64. The van der Waals surface area contributed by atoms with E-state index in [-0.39, 0.29) is 68.4 Å². The number of halogens is 12. The van der Waals surface area contributed by atoms with Crippen molar-refractivity contribution in [3.63, 3.8) is 0 Å². The Labute approximate surface area is 386 Å². The van der Waals surface area contributed by atoms with Crippen molar-refractivity contribution in [2.75, 3.05) is 16.0 Å². The van der Waals surface area contributed by atoms with Crippen LogP contribution in [0.1, 0.15) is 93.7 Å². The molecule has 6 aromatic rings. The molecule has 0 unspecified atom stereocenters. The number of fused-ring (bicyclic) bond motifs is 3. The summed E-state index contributed by atoms with van der Waals surface area (Å²) < 4.78 is 158. The lowest BCUT2D eigenvalue weighted by molar-refractivity contribution is -0.137. The van der Waals surface area contributed by atoms with Crippen LogP contribution in [0, 0.1) is 17.5 Å². The average Bonchev–Trinajstić information content (AvgIpc) is 3.28. The fourth-order valence-electron chi connectivity index (χ4n) is 8.75. The molecule has 0 spiro atoms. The first-order valence-electron chi connectivity index (χ1n) is 22.2. The Morgan fingerprint density at radius 3 is 0.971 bits per heavy atom. The Bertz CT molecular complexity index is 2640. The van der Waals surface area contributed by atoms with Gasteiger partial charge < -0.3 is 26.2 Å². The molecule has 0 amide bonds. The Balaban J connectivity index is 0.000000153. The molecule has 3 aromatic heterocycles. The van der Waals surface area contributed by atoms with E-state index in [4.69, 9.17) is 0 Å². The van der Waals surface area contributed by atoms with E-state index in [1.54, 1.807) is 0 Å². The van der Waals surface area contributed by atoms with Crippen molar-refractivity contribution in [1.29, 1.82) is 0 Å². The number of hydrogen-bond donors (Lipinski definition) is 5. The SMILES string of the molecule is O=C1CCC(Nc2cc3c(C(F)(F)F)cc(F)cc3cn2)CC1.OC1CCC(Nc2cc3c(C(F)(F)F)cc(F)cc3cn2)CC1.OC1CCC(Nc2cc3c(C(F)(F)F)cc(F)cc3cn2)CC1. The molecule has 21 heteroatoms. The monoisotopic (exact) mass is 982 g/mol. The molecule has 5 N–H and O–H groups in total. The second kappa shape index (κ2) is 21.0. The third-order valence-corrected chi connectivity index (χ3v) is 12.3. The number of benzene rings is 3. The van der Waals surface area contributed by atoms with Crippen molar-refractivity contribution in [3.05, 3.63) is 107 Å². The summed E-state index contributed by atoms with van der Waals surface area (Å²) in [6.07, 6.45) is -3.06. The highest BCUT2D eigenvalue weighted by atomic mass is 19.4. The highest BCUT2D eigenvalue weighted by molar-refractivity contribution is 5.89. The van der Waals surface area contributed by atoms with E-state index in [0.717, 1.165) is 43.9 Å². The van der Waals surface area contributed by atoms with Crippen molar-refractivity contribution in [2.45, 2.75) is 126 Å². The number of aromatic nitrogens is 3. The van der Waals surface area contributed by atoms with Gasteiger partial charge in [-0.2, -0.15) is 39.5 Å². The van der Waals surface area contributed by atoms with Gasteiger partial charge in [-0.3, -0.25) is 4.79 Å². The Morgan fingerprint density at radius 1 is 0.420 bits per heavy atom. The Hall–Kier alpha value is -5.96. The molecule has 370 valence electrons. The van der Waals surface area contributed by atoms with Gasteiger partial charge >= 0.3 is 18.5 Å². The quantitative estimate of drug-likeness (QED) is 0.104. The largest absolute Gasteiger partial charge is 0.417 e. The fraction of sp³-hybridized carbons (Fsp3) is 0.417. The maximum Gasteiger partial charge on any atom is 0.417 e. The van der Waals surface area contributed by atoms with Crippen LogP contribution in [-0.4, -0.2) is 61.3 Å². The Morgan fingerprint density at radius 2 is 0.696 bits per heavy atom. The lowest BCUT2D eigenvalue weighted by Gasteiger charge is -2.26. The summed E-state index contributed by atoms with van der Waals surface area (Å²) in [4.78, 5) is 23.4. The van der Waals surface area contributed by atoms with E-state index >= 15 is 0 Å². The number of aliphatic hydroxyl groups excluding tert-OH is 2. The van der Waals surface area contributed by atoms with Crippen molar-refractivity contribution < 1.29 is 67.7 Å². The highest BCUT2D eigenvalue weighted by Crippen LogP contribution is 2.39. The van der Waals surface area contributed by atoms with Crippen LogP contribution in [0.5, 0.6) is 0 Å². The van der Waals surface area contributed by atoms with Gasteiger partial charge in [-0.25, -0.2) is 28.1 Å². The maximum atomic E-state index is 13.4. The van der Waals surface area contributed by atoms with Crippen LogP contribution in [0.15, 0.2) is 73.2 Å². The Kier molecular flexibility index (Phi) is 15.5. The van der Waals surface area contributed by atoms with E-state index in [9.17, 15) is 67.7 Å². The fourth-order valence-corrected chi connectivity index (χ4v) is 8.75. The number of alkyl halides is 9. The first-order valence-corrected chi connectivity index (χ1v) is 22.2. The van der Waals surface area contributed by atoms with Crippen molar-refractivity contribution in [2.24, 2.45) is 0 Å². The van der Waals surface area contributed by atoms with Crippen LogP contribution in [-0.2, 0) is 23.3 Å². The molecule has 3 saturated carbocycles. The summed E-state index contributed by atoms with van der Waals surface area (Å²) >= 11 is 0. The number of hydrogen-bond acceptors (Lipinski definition) is 9. The number of Topliss-reactive ketones (excluding diaryl/α,β-unsaturated/α-hetero) is 1. The van der Waals surface area contributed by atoms with E-state index in [1.807, 2.05) is 0 Å². The van der Waals surface area contributed by atoms with Gasteiger partial charge in [-0.15, -0.1) is 0 Å². The molecule has 3 aliphatic rings. The molecule has 69 heavy (non-hydrogen) atoms. The van der Waals surface area contributed by atoms with E-state index < -0.39 is 52.7 Å². The van der Waals surface area contributed by atoms with Gasteiger partial charge in [-0.1, -0.05) is 0 Å². The number of carbonyl (C=O) groups is 1. The van der Waals surface area contributed by atoms with E-state index in [1.165, 1.54) is 36.8 Å². The molecule has 0 aliphatic heterocycles. The smallest absolute Gasteiger partial charge is 0.393 e. The van der Waals surface area contributed by atoms with Crippen LogP contribution in [0.2, 0.25) is 0 Å². The van der Waals surface area contributed by atoms with Crippen LogP contribution >= 0.6 is 0 Å². The van der Waals surface area contributed by atoms with Gasteiger partial charge in [0.1, 0.15) is 40.7 Å². The number of carbonyl (C=O) groups excluding carboxylic acids is 1. The minimum absolute atomic E-state index is 0.00688. The number of pyridine rings is 3. The van der Waals surface area contributed by atoms with Gasteiger partial charge in [-0.05, 0) is 135 Å². The van der Waals surface area contributed by atoms with Gasteiger partial charge in [0, 0.05) is 65.7 Å². The third-order valence-electron chi connectivity index (χ3n) is 12.3. The molecule has 0 radical (unpaired) electrons. The van der Waals surface area contributed by atoms with Gasteiger partial charge in [0.15, 0.2) is 0 Å². The first-order chi connectivity index (χ1) is 32.5. The molecular formula is C48H46F12N6O3. The number of nitrogens with zero attached hydrogens (tertiary/aromatic N) is 3. The van der Waals surface area contributed by atoms with Crippen molar-refractivity contribution >= 4 is 55.6 Å². The van der Waals surface area contributed by atoms with Crippen molar-refractivity contribution in [3.8, 4) is 0 Å². The number of rotatable bonds is 6. The molecular weight excluding hydrogens is 937 g/mol. The first kappa shape index (κ1) is 50.9. The zero-order valence-electron chi connectivity index (χ0n) is 36.5. The third kappa shape index (κ3) is 13.4. The second-order valence-corrected chi connectivity index (χ2v) is 17.5. The molecule has 3 fully saturated rings. The number of aliphatic hydroxyl groups is 2. The number of nitrogens with one attached hydrogen (secondary N) is 3. The van der Waals surface area contributed by atoms with E-state index in [0.29, 0.717) is 87.0 Å². The van der Waals surface area contributed by atoms with Gasteiger partial charge in [0.05, 0.1) is 28.9 Å². The molecule has 3 aromatic carbocycles. The van der Waals surface area contributed by atoms with Gasteiger partial charge in [0.2, 0.25) is 0 Å². The van der Waals surface area contributed by atoms with E-state index in [2.05, 4.69) is 30.9 Å². The predicted molar refractivity (Wildman–Crippen MR) is 235 cm³/mol. The molecule has 3 heterocycles. The molecule has 0 bridgehead atoms. The lowest BCUT2D eigenvalue weighted by Crippen LogP contribution is -2.28. The van der Waals surface area contributed by atoms with Crippen LogP contribution < -0.4 is 16.0 Å². The maximum absolute atomic E-state index is 13.4. The lowest BCUT2D eigenvalue weighted by atomic mass is 9.93. The standard InChI is InChI=1S/2C16H16F4N2O.C16H14F4N2O/c3*17-10-5-9-8-21-15(22-11-1-3-12(23)4-2-11)7-13(9)14(6-10)16(18,19)20/h2*5-8,11-12,23H,1-4H2,(H,21,22);5-8,11H,1-4H2,(H,21,22).